The number of fused-ring (bicyclic) bond motifs is 1. The van der Waals surface area contributed by atoms with Gasteiger partial charge in [-0.1, -0.05) is 18.2 Å². The van der Waals surface area contributed by atoms with Crippen molar-refractivity contribution in [2.75, 3.05) is 0 Å². The second-order valence-corrected chi connectivity index (χ2v) is 6.81. The van der Waals surface area contributed by atoms with E-state index in [1.165, 1.54) is 29.3 Å². The van der Waals surface area contributed by atoms with E-state index in [1.54, 1.807) is 6.07 Å². The number of nitrogens with one attached hydrogen (secondary N) is 1. The van der Waals surface area contributed by atoms with E-state index >= 15 is 0 Å². The summed E-state index contributed by atoms with van der Waals surface area (Å²) in [5, 5.41) is 2.79. The molecule has 3 aromatic carbocycles. The van der Waals surface area contributed by atoms with Crippen molar-refractivity contribution >= 4 is 17.0 Å². The lowest BCUT2D eigenvalue weighted by Crippen LogP contribution is -2.22. The van der Waals surface area contributed by atoms with Gasteiger partial charge in [0.05, 0.1) is 0 Å². The van der Waals surface area contributed by atoms with Crippen LogP contribution in [0, 0.1) is 19.7 Å². The molecule has 0 aliphatic carbocycles. The second kappa shape index (κ2) is 7.27. The van der Waals surface area contributed by atoms with Gasteiger partial charge in [0, 0.05) is 17.7 Å². The minimum Gasteiger partial charge on any atom is -0.436 e. The number of carbonyl (C=O) groups excluding carboxylic acids is 1. The van der Waals surface area contributed by atoms with Gasteiger partial charge in [-0.05, 0) is 73.0 Å². The van der Waals surface area contributed by atoms with Crippen LogP contribution < -0.4 is 5.32 Å². The molecule has 0 bridgehead atoms. The number of hydrogen-bond acceptors (Lipinski definition) is 3. The Morgan fingerprint density at radius 2 is 1.79 bits per heavy atom. The number of hydrogen-bond donors (Lipinski definition) is 1. The highest BCUT2D eigenvalue weighted by Gasteiger charge is 2.10. The molecule has 5 heteroatoms. The summed E-state index contributed by atoms with van der Waals surface area (Å²) < 4.78 is 19.1. The van der Waals surface area contributed by atoms with Gasteiger partial charge in [-0.3, -0.25) is 4.79 Å². The molecule has 1 N–H and O–H groups in total. The molecule has 28 heavy (non-hydrogen) atoms. The molecule has 0 saturated heterocycles. The summed E-state index contributed by atoms with van der Waals surface area (Å²) in [6, 6.07) is 17.3. The molecular weight excluding hydrogens is 355 g/mol. The molecule has 4 nitrogen and oxygen atoms in total. The molecule has 0 spiro atoms. The molecule has 0 atom stereocenters. The molecule has 1 heterocycles. The number of benzene rings is 3. The van der Waals surface area contributed by atoms with E-state index in [2.05, 4.69) is 17.2 Å². The van der Waals surface area contributed by atoms with Crippen LogP contribution in [0.1, 0.15) is 27.0 Å². The van der Waals surface area contributed by atoms with E-state index in [-0.39, 0.29) is 5.91 Å². The lowest BCUT2D eigenvalue weighted by molar-refractivity contribution is 0.0950. The number of oxazole rings is 1. The van der Waals surface area contributed by atoms with E-state index in [0.717, 1.165) is 22.2 Å². The Hall–Kier alpha value is -3.47. The maximum atomic E-state index is 13.2. The van der Waals surface area contributed by atoms with E-state index in [4.69, 9.17) is 4.42 Å². The lowest BCUT2D eigenvalue weighted by atomic mass is 10.1. The highest BCUT2D eigenvalue weighted by atomic mass is 19.1. The number of nitrogens with zero attached hydrogens (tertiary/aromatic N) is 1. The Balaban J connectivity index is 1.47. The zero-order valence-electron chi connectivity index (χ0n) is 15.6. The smallest absolute Gasteiger partial charge is 0.251 e. The fourth-order valence-electron chi connectivity index (χ4n) is 2.98. The third kappa shape index (κ3) is 3.64. The summed E-state index contributed by atoms with van der Waals surface area (Å²) in [7, 11) is 0. The van der Waals surface area contributed by atoms with Crippen LogP contribution in [0.3, 0.4) is 0 Å². The van der Waals surface area contributed by atoms with Crippen LogP contribution in [0.15, 0.2) is 65.1 Å². The quantitative estimate of drug-likeness (QED) is 0.535. The van der Waals surface area contributed by atoms with Gasteiger partial charge in [-0.15, -0.1) is 0 Å². The van der Waals surface area contributed by atoms with Crippen molar-refractivity contribution in [1.29, 1.82) is 0 Å². The number of halogens is 1. The first-order valence-corrected chi connectivity index (χ1v) is 9.00. The first-order valence-electron chi connectivity index (χ1n) is 9.00. The monoisotopic (exact) mass is 374 g/mol. The van der Waals surface area contributed by atoms with Gasteiger partial charge in [0.1, 0.15) is 11.3 Å². The Bertz CT molecular complexity index is 1120. The normalized spacial score (nSPS) is 11.0. The second-order valence-electron chi connectivity index (χ2n) is 6.81. The summed E-state index contributed by atoms with van der Waals surface area (Å²) in [5.74, 6) is -0.177. The summed E-state index contributed by atoms with van der Waals surface area (Å²) in [6.07, 6.45) is 0. The molecule has 0 aliphatic heterocycles. The van der Waals surface area contributed by atoms with Crippen LogP contribution in [-0.2, 0) is 6.54 Å². The highest BCUT2D eigenvalue weighted by Crippen LogP contribution is 2.26. The Morgan fingerprint density at radius 1 is 1.04 bits per heavy atom. The van der Waals surface area contributed by atoms with E-state index in [9.17, 15) is 9.18 Å². The van der Waals surface area contributed by atoms with E-state index in [1.807, 2.05) is 43.3 Å². The van der Waals surface area contributed by atoms with Gasteiger partial charge in [0.15, 0.2) is 5.58 Å². The maximum absolute atomic E-state index is 13.2. The number of aromatic nitrogens is 1. The van der Waals surface area contributed by atoms with Crippen molar-refractivity contribution in [3.8, 4) is 11.5 Å². The number of carbonyl (C=O) groups is 1. The molecular formula is C23H19FN2O2. The largest absolute Gasteiger partial charge is 0.436 e. The van der Waals surface area contributed by atoms with Crippen LogP contribution in [0.4, 0.5) is 4.39 Å². The third-order valence-corrected chi connectivity index (χ3v) is 4.74. The fraction of sp³-hybridized carbons (Fsp3) is 0.130. The molecule has 4 rings (SSSR count). The first-order chi connectivity index (χ1) is 13.5. The summed E-state index contributed by atoms with van der Waals surface area (Å²) in [5.41, 5.74) is 6.04. The molecule has 0 aliphatic rings. The van der Waals surface area contributed by atoms with Crippen molar-refractivity contribution in [3.05, 3.63) is 88.7 Å². The topological polar surface area (TPSA) is 55.1 Å². The van der Waals surface area contributed by atoms with Crippen molar-refractivity contribution < 1.29 is 13.6 Å². The highest BCUT2D eigenvalue weighted by molar-refractivity contribution is 5.94. The first kappa shape index (κ1) is 17.9. The molecule has 4 aromatic rings. The Kier molecular flexibility index (Phi) is 4.65. The van der Waals surface area contributed by atoms with Crippen molar-refractivity contribution in [1.82, 2.24) is 10.3 Å². The summed E-state index contributed by atoms with van der Waals surface area (Å²) in [4.78, 5) is 16.7. The molecule has 140 valence electrons. The summed E-state index contributed by atoms with van der Waals surface area (Å²) >= 11 is 0. The van der Waals surface area contributed by atoms with Gasteiger partial charge < -0.3 is 9.73 Å². The Labute approximate surface area is 162 Å². The van der Waals surface area contributed by atoms with Crippen LogP contribution in [0.25, 0.3) is 22.6 Å². The average Bonchev–Trinajstić information content (AvgIpc) is 3.09. The zero-order chi connectivity index (χ0) is 19.7. The van der Waals surface area contributed by atoms with Crippen LogP contribution >= 0.6 is 0 Å². The van der Waals surface area contributed by atoms with E-state index < -0.39 is 5.82 Å². The predicted octanol–water partition coefficient (Wildman–Crippen LogP) is 5.18. The van der Waals surface area contributed by atoms with Gasteiger partial charge in [-0.25, -0.2) is 9.37 Å². The molecule has 0 unspecified atom stereocenters. The molecule has 1 amide bonds. The number of rotatable bonds is 4. The lowest BCUT2D eigenvalue weighted by Gasteiger charge is -2.06. The zero-order valence-corrected chi connectivity index (χ0v) is 15.6. The molecule has 0 saturated carbocycles. The SMILES string of the molecule is Cc1cc2nc(-c3ccc(CNC(=O)c4cccc(F)c4)cc3)oc2cc1C. The van der Waals surface area contributed by atoms with Crippen molar-refractivity contribution in [2.24, 2.45) is 0 Å². The maximum Gasteiger partial charge on any atom is 0.251 e. The third-order valence-electron chi connectivity index (χ3n) is 4.74. The van der Waals surface area contributed by atoms with Crippen LogP contribution in [0.2, 0.25) is 0 Å². The van der Waals surface area contributed by atoms with Gasteiger partial charge >= 0.3 is 0 Å². The van der Waals surface area contributed by atoms with Gasteiger partial charge in [-0.2, -0.15) is 0 Å². The van der Waals surface area contributed by atoms with Gasteiger partial charge in [0.2, 0.25) is 5.89 Å². The van der Waals surface area contributed by atoms with E-state index in [0.29, 0.717) is 18.0 Å². The fourth-order valence-corrected chi connectivity index (χ4v) is 2.98. The van der Waals surface area contributed by atoms with Crippen molar-refractivity contribution in [2.45, 2.75) is 20.4 Å². The molecule has 0 fully saturated rings. The van der Waals surface area contributed by atoms with Crippen molar-refractivity contribution in [3.63, 3.8) is 0 Å². The number of amides is 1. The number of aryl methyl sites for hydroxylation is 2. The minimum absolute atomic E-state index is 0.300. The molecule has 1 aromatic heterocycles. The standard InChI is InChI=1S/C23H19FN2O2/c1-14-10-20-21(11-15(14)2)28-23(26-20)17-8-6-16(7-9-17)13-25-22(27)18-4-3-5-19(24)12-18/h3-12H,13H2,1-2H3,(H,25,27). The average molecular weight is 374 g/mol. The minimum atomic E-state index is -0.430. The Morgan fingerprint density at radius 3 is 2.54 bits per heavy atom. The van der Waals surface area contributed by atoms with Crippen LogP contribution in [-0.4, -0.2) is 10.9 Å². The summed E-state index contributed by atoms with van der Waals surface area (Å²) in [6.45, 7) is 4.45. The van der Waals surface area contributed by atoms with Gasteiger partial charge in [0.25, 0.3) is 5.91 Å². The predicted molar refractivity (Wildman–Crippen MR) is 106 cm³/mol. The van der Waals surface area contributed by atoms with Crippen LogP contribution in [0.5, 0.6) is 0 Å². The molecule has 0 radical (unpaired) electrons.